The second kappa shape index (κ2) is 11.9. The fraction of sp³-hybridized carbons (Fsp3) is 0.833. The Morgan fingerprint density at radius 2 is 1.74 bits per heavy atom. The second-order valence-electron chi connectivity index (χ2n) is 16.6. The van der Waals surface area contributed by atoms with Crippen LogP contribution in [-0.4, -0.2) is 67.4 Å². The van der Waals surface area contributed by atoms with Gasteiger partial charge in [-0.2, -0.15) is 0 Å². The molecule has 5 aliphatic rings. The number of ether oxygens (including phenoxy) is 3. The van der Waals surface area contributed by atoms with Crippen molar-refractivity contribution in [2.24, 2.45) is 62.4 Å². The molecule has 46 heavy (non-hydrogen) atoms. The number of esters is 2. The van der Waals surface area contributed by atoms with Gasteiger partial charge in [0, 0.05) is 17.8 Å². The number of nitrogens with two attached hydrogens (primary N) is 1. The molecular weight excluding hydrogens is 588 g/mol. The van der Waals surface area contributed by atoms with Crippen LogP contribution in [0.1, 0.15) is 93.9 Å². The number of carbonyl (C=O) groups is 4. The minimum atomic E-state index is -0.747. The van der Waals surface area contributed by atoms with Gasteiger partial charge >= 0.3 is 17.9 Å². The first-order chi connectivity index (χ1) is 21.4. The molecule has 0 aromatic rings. The van der Waals surface area contributed by atoms with E-state index in [0.717, 1.165) is 25.7 Å². The Morgan fingerprint density at radius 1 is 1.04 bits per heavy atom. The SMILES string of the molecule is CC(=O)O[C@@H]1C[C@@]23COC[C@@](C)([C@@H]2CC[C@H]2C3=CC[C@@]3(C)[C@H](C(=O)O)[C@@](C)(C(C)C(C)C)CC[C@]23C)[C@H]1OC(=O)CNC(=O)CN. The van der Waals surface area contributed by atoms with E-state index in [1.807, 2.05) is 0 Å². The Balaban J connectivity index is 1.55. The zero-order chi connectivity index (χ0) is 34.0. The molecule has 0 aromatic carbocycles. The van der Waals surface area contributed by atoms with Gasteiger partial charge in [0.05, 0.1) is 25.7 Å². The molecule has 0 radical (unpaired) electrons. The molecule has 4 N–H and O–H groups in total. The van der Waals surface area contributed by atoms with Crippen LogP contribution in [0.3, 0.4) is 0 Å². The van der Waals surface area contributed by atoms with Crippen LogP contribution < -0.4 is 11.1 Å². The lowest BCUT2D eigenvalue weighted by Crippen LogP contribution is -2.70. The zero-order valence-corrected chi connectivity index (χ0v) is 29.1. The average molecular weight is 645 g/mol. The third-order valence-electron chi connectivity index (χ3n) is 14.3. The molecule has 0 aromatic heterocycles. The van der Waals surface area contributed by atoms with Crippen LogP contribution in [0.2, 0.25) is 0 Å². The van der Waals surface area contributed by atoms with E-state index in [2.05, 4.69) is 59.9 Å². The van der Waals surface area contributed by atoms with Crippen molar-refractivity contribution in [1.82, 2.24) is 5.32 Å². The van der Waals surface area contributed by atoms with Gasteiger partial charge in [-0.1, -0.05) is 60.1 Å². The Hall–Kier alpha value is -2.46. The van der Waals surface area contributed by atoms with Crippen LogP contribution in [0.15, 0.2) is 11.6 Å². The highest BCUT2D eigenvalue weighted by Crippen LogP contribution is 2.75. The molecule has 1 unspecified atom stereocenters. The van der Waals surface area contributed by atoms with Gasteiger partial charge in [-0.25, -0.2) is 0 Å². The minimum Gasteiger partial charge on any atom is -0.481 e. The van der Waals surface area contributed by atoms with E-state index in [9.17, 15) is 24.3 Å². The summed E-state index contributed by atoms with van der Waals surface area (Å²) in [6.45, 7) is 17.1. The third kappa shape index (κ3) is 5.03. The fourth-order valence-electron chi connectivity index (χ4n) is 11.5. The maximum atomic E-state index is 13.3. The number of aliphatic carboxylic acids is 1. The van der Waals surface area contributed by atoms with Crippen molar-refractivity contribution < 1.29 is 38.5 Å². The Labute approximate surface area is 273 Å². The highest BCUT2D eigenvalue weighted by Gasteiger charge is 2.72. The highest BCUT2D eigenvalue weighted by atomic mass is 16.6. The molecule has 5 rings (SSSR count). The predicted molar refractivity (Wildman–Crippen MR) is 171 cm³/mol. The van der Waals surface area contributed by atoms with Crippen molar-refractivity contribution in [2.45, 2.75) is 106 Å². The highest BCUT2D eigenvalue weighted by molar-refractivity contribution is 5.83. The Kier molecular flexibility index (Phi) is 9.02. The summed E-state index contributed by atoms with van der Waals surface area (Å²) in [7, 11) is 0. The van der Waals surface area contributed by atoms with Gasteiger partial charge in [-0.15, -0.1) is 0 Å². The van der Waals surface area contributed by atoms with E-state index < -0.39 is 58.2 Å². The summed E-state index contributed by atoms with van der Waals surface area (Å²) in [4.78, 5) is 50.5. The maximum absolute atomic E-state index is 13.3. The number of hydrogen-bond acceptors (Lipinski definition) is 8. The molecule has 1 heterocycles. The molecule has 10 heteroatoms. The first-order valence-corrected chi connectivity index (χ1v) is 17.3. The zero-order valence-electron chi connectivity index (χ0n) is 29.1. The smallest absolute Gasteiger partial charge is 0.325 e. The topological polar surface area (TPSA) is 154 Å². The lowest BCUT2D eigenvalue weighted by atomic mass is 9.34. The van der Waals surface area contributed by atoms with E-state index in [1.165, 1.54) is 12.5 Å². The Bertz CT molecular complexity index is 1300. The maximum Gasteiger partial charge on any atom is 0.325 e. The summed E-state index contributed by atoms with van der Waals surface area (Å²) in [6.07, 6.45) is 5.62. The number of rotatable bonds is 8. The van der Waals surface area contributed by atoms with Crippen LogP contribution in [0, 0.1) is 56.7 Å². The third-order valence-corrected chi connectivity index (χ3v) is 14.3. The molecule has 1 aliphatic heterocycles. The van der Waals surface area contributed by atoms with Gasteiger partial charge in [0.15, 0.2) is 0 Å². The fourth-order valence-corrected chi connectivity index (χ4v) is 11.5. The van der Waals surface area contributed by atoms with Crippen LogP contribution in [0.5, 0.6) is 0 Å². The molecule has 3 saturated carbocycles. The van der Waals surface area contributed by atoms with Crippen LogP contribution in [0.25, 0.3) is 0 Å². The van der Waals surface area contributed by atoms with Crippen molar-refractivity contribution in [3.8, 4) is 0 Å². The molecule has 0 spiro atoms. The monoisotopic (exact) mass is 644 g/mol. The summed E-state index contributed by atoms with van der Waals surface area (Å²) in [5.74, 6) is -1.79. The first kappa shape index (κ1) is 34.9. The van der Waals surface area contributed by atoms with Gasteiger partial charge in [-0.05, 0) is 78.4 Å². The van der Waals surface area contributed by atoms with Gasteiger partial charge < -0.3 is 30.4 Å². The lowest BCUT2D eigenvalue weighted by molar-refractivity contribution is -0.262. The predicted octanol–water partition coefficient (Wildman–Crippen LogP) is 4.49. The average Bonchev–Trinajstić information content (AvgIpc) is 2.97. The number of allylic oxidation sites excluding steroid dienone is 1. The summed E-state index contributed by atoms with van der Waals surface area (Å²) >= 11 is 0. The van der Waals surface area contributed by atoms with E-state index in [4.69, 9.17) is 19.9 Å². The second-order valence-corrected chi connectivity index (χ2v) is 16.6. The van der Waals surface area contributed by atoms with Crippen molar-refractivity contribution in [1.29, 1.82) is 0 Å². The summed E-state index contributed by atoms with van der Waals surface area (Å²) in [5.41, 5.74) is 4.61. The Morgan fingerprint density at radius 3 is 2.35 bits per heavy atom. The standard InChI is InChI=1S/C36H56N2O8/c1-20(2)21(3)32(5)13-14-34(7)23-9-10-26-33(6)18-44-19-36(26,24(23)11-12-35(34,8)29(32)31(42)43)15-25(45-22(4)39)30(33)46-28(41)17-38-27(40)16-37/h11,20-21,23,25-26,29-30H,9-10,12-19,37H2,1-8H3,(H,38,40)(H,42,43)/t21?,23-,25+,26-,29+,30-,32+,33-,34+,35-,36-/m0/s1. The number of carbonyl (C=O) groups excluding carboxylic acids is 3. The molecule has 10 nitrogen and oxygen atoms in total. The molecule has 4 aliphatic carbocycles. The van der Waals surface area contributed by atoms with Crippen LogP contribution in [0.4, 0.5) is 0 Å². The first-order valence-electron chi connectivity index (χ1n) is 17.3. The van der Waals surface area contributed by atoms with Gasteiger partial charge in [0.1, 0.15) is 18.8 Å². The summed E-state index contributed by atoms with van der Waals surface area (Å²) in [5, 5.41) is 13.4. The van der Waals surface area contributed by atoms with Gasteiger partial charge in [0.25, 0.3) is 0 Å². The molecule has 1 amide bonds. The van der Waals surface area contributed by atoms with Crippen molar-refractivity contribution in [3.05, 3.63) is 11.6 Å². The lowest BCUT2D eigenvalue weighted by Gasteiger charge is -2.71. The summed E-state index contributed by atoms with van der Waals surface area (Å²) in [6, 6.07) is 0. The van der Waals surface area contributed by atoms with Gasteiger partial charge in [-0.3, -0.25) is 19.2 Å². The van der Waals surface area contributed by atoms with Crippen LogP contribution >= 0.6 is 0 Å². The van der Waals surface area contributed by atoms with E-state index in [0.29, 0.717) is 32.0 Å². The van der Waals surface area contributed by atoms with E-state index >= 15 is 0 Å². The number of carboxylic acid groups (broad SMARTS) is 1. The molecule has 2 bridgehead atoms. The van der Waals surface area contributed by atoms with Crippen LogP contribution in [-0.2, 0) is 33.4 Å². The number of carboxylic acids is 1. The van der Waals surface area contributed by atoms with Gasteiger partial charge in [0.2, 0.25) is 5.91 Å². The largest absolute Gasteiger partial charge is 0.481 e. The molecule has 4 fully saturated rings. The molecule has 1 saturated heterocycles. The molecular formula is C36H56N2O8. The van der Waals surface area contributed by atoms with E-state index in [-0.39, 0.29) is 41.7 Å². The van der Waals surface area contributed by atoms with E-state index in [1.54, 1.807) is 0 Å². The number of fused-ring (bicyclic) bond motifs is 3. The van der Waals surface area contributed by atoms with Crippen molar-refractivity contribution in [2.75, 3.05) is 26.3 Å². The molecule has 258 valence electrons. The number of nitrogens with one attached hydrogen (secondary N) is 1. The quantitative estimate of drug-likeness (QED) is 0.256. The van der Waals surface area contributed by atoms with Crippen molar-refractivity contribution >= 4 is 23.8 Å². The van der Waals surface area contributed by atoms with Crippen molar-refractivity contribution in [3.63, 3.8) is 0 Å². The normalized spacial score (nSPS) is 43.6. The molecule has 11 atom stereocenters. The number of amides is 1. The number of hydrogen-bond donors (Lipinski definition) is 3. The minimum absolute atomic E-state index is 0.109. The summed E-state index contributed by atoms with van der Waals surface area (Å²) < 4.78 is 18.4.